The highest BCUT2D eigenvalue weighted by Crippen LogP contribution is 2.29. The molecule has 0 atom stereocenters. The molecule has 5 nitrogen and oxygen atoms in total. The van der Waals surface area contributed by atoms with Crippen molar-refractivity contribution in [3.8, 4) is 0 Å². The van der Waals surface area contributed by atoms with Gasteiger partial charge in [0.1, 0.15) is 11.2 Å². The fourth-order valence-electron chi connectivity index (χ4n) is 1.90. The van der Waals surface area contributed by atoms with Crippen molar-refractivity contribution < 1.29 is 8.42 Å². The fraction of sp³-hybridized carbons (Fsp3) is 0.462. The minimum atomic E-state index is -3.43. The number of nitrogens with one attached hydrogen (secondary N) is 1. The molecular weight excluding hydrogens is 262 g/mol. The van der Waals surface area contributed by atoms with Crippen molar-refractivity contribution in [2.75, 3.05) is 13.1 Å². The second kappa shape index (κ2) is 5.71. The molecule has 19 heavy (non-hydrogen) atoms. The number of fused-ring (bicyclic) bond motifs is 1. The Morgan fingerprint density at radius 2 is 2.05 bits per heavy atom. The van der Waals surface area contributed by atoms with Crippen molar-refractivity contribution in [1.29, 1.82) is 0 Å². The first-order valence-corrected chi connectivity index (χ1v) is 7.84. The van der Waals surface area contributed by atoms with E-state index in [-0.39, 0.29) is 4.90 Å². The average Bonchev–Trinajstić information content (AvgIpc) is 2.36. The third kappa shape index (κ3) is 3.13. The van der Waals surface area contributed by atoms with Gasteiger partial charge in [-0.15, -0.1) is 0 Å². The summed E-state index contributed by atoms with van der Waals surface area (Å²) in [6, 6.07) is 7.22. The van der Waals surface area contributed by atoms with Crippen molar-refractivity contribution >= 4 is 22.0 Å². The Labute approximate surface area is 114 Å². The van der Waals surface area contributed by atoms with Gasteiger partial charge in [0, 0.05) is 12.6 Å². The molecule has 0 amide bonds. The molecule has 0 bridgehead atoms. The molecule has 0 fully saturated rings. The van der Waals surface area contributed by atoms with Crippen molar-refractivity contribution in [3.05, 3.63) is 24.3 Å². The minimum absolute atomic E-state index is 0.286. The van der Waals surface area contributed by atoms with Gasteiger partial charge >= 0.3 is 0 Å². The van der Waals surface area contributed by atoms with Crippen LogP contribution in [0.1, 0.15) is 20.3 Å². The summed E-state index contributed by atoms with van der Waals surface area (Å²) < 4.78 is 26.0. The van der Waals surface area contributed by atoms with Crippen LogP contribution < -0.4 is 5.32 Å². The van der Waals surface area contributed by atoms with Gasteiger partial charge in [-0.2, -0.15) is 0 Å². The van der Waals surface area contributed by atoms with Crippen LogP contribution >= 0.6 is 0 Å². The van der Waals surface area contributed by atoms with Crippen molar-refractivity contribution in [2.45, 2.75) is 31.2 Å². The van der Waals surface area contributed by atoms with E-state index in [9.17, 15) is 8.42 Å². The van der Waals surface area contributed by atoms with E-state index < -0.39 is 10.0 Å². The highest BCUT2D eigenvalue weighted by atomic mass is 32.2. The molecule has 0 aliphatic carbocycles. The van der Waals surface area contributed by atoms with Crippen LogP contribution in [0, 0.1) is 0 Å². The Bertz CT molecular complexity index is 567. The van der Waals surface area contributed by atoms with Crippen molar-refractivity contribution in [3.63, 3.8) is 0 Å². The molecule has 2 rings (SSSR count). The first-order chi connectivity index (χ1) is 9.01. The Hall–Kier alpha value is -1.40. The number of hydrogen-bond acceptors (Lipinski definition) is 4. The fourth-order valence-corrected chi connectivity index (χ4v) is 3.33. The maximum atomic E-state index is 12.3. The average molecular weight is 281 g/mol. The molecular formula is C13H19N3O2S. The van der Waals surface area contributed by atoms with Gasteiger partial charge in [-0.05, 0) is 25.1 Å². The smallest absolute Gasteiger partial charge is 0.267 e. The predicted molar refractivity (Wildman–Crippen MR) is 76.2 cm³/mol. The number of para-hydroxylation sites is 1. The number of hydrogen-bond donors (Lipinski definition) is 1. The number of sulfonamides is 1. The van der Waals surface area contributed by atoms with E-state index in [1.54, 1.807) is 24.3 Å². The topological polar surface area (TPSA) is 61.8 Å². The summed E-state index contributed by atoms with van der Waals surface area (Å²) in [5.41, 5.74) is 0.513. The van der Waals surface area contributed by atoms with Crippen LogP contribution in [-0.4, -0.2) is 38.2 Å². The summed E-state index contributed by atoms with van der Waals surface area (Å²) in [5, 5.41) is 3.27. The maximum Gasteiger partial charge on any atom is 0.267 e. The number of benzene rings is 1. The number of aliphatic imine (C=N–C) groups is 1. The van der Waals surface area contributed by atoms with Gasteiger partial charge in [0.2, 0.25) is 0 Å². The van der Waals surface area contributed by atoms with Gasteiger partial charge in [0.25, 0.3) is 10.0 Å². The van der Waals surface area contributed by atoms with Gasteiger partial charge in [-0.1, -0.05) is 26.0 Å². The zero-order valence-electron chi connectivity index (χ0n) is 11.2. The monoisotopic (exact) mass is 281 g/mol. The van der Waals surface area contributed by atoms with E-state index in [0.717, 1.165) is 13.0 Å². The summed E-state index contributed by atoms with van der Waals surface area (Å²) in [7, 11) is -3.43. The lowest BCUT2D eigenvalue weighted by Crippen LogP contribution is -2.35. The Morgan fingerprint density at radius 3 is 2.79 bits per heavy atom. The van der Waals surface area contributed by atoms with E-state index in [0.29, 0.717) is 18.3 Å². The molecule has 0 saturated carbocycles. The number of rotatable bonds is 5. The van der Waals surface area contributed by atoms with Gasteiger partial charge in [-0.25, -0.2) is 13.4 Å². The highest BCUT2D eigenvalue weighted by molar-refractivity contribution is 7.89. The minimum Gasteiger partial charge on any atom is -0.314 e. The van der Waals surface area contributed by atoms with E-state index in [4.69, 9.17) is 0 Å². The Morgan fingerprint density at radius 1 is 1.32 bits per heavy atom. The van der Waals surface area contributed by atoms with Crippen LogP contribution in [0.2, 0.25) is 0 Å². The lowest BCUT2D eigenvalue weighted by Gasteiger charge is -2.24. The van der Waals surface area contributed by atoms with Gasteiger partial charge in [-0.3, -0.25) is 4.31 Å². The van der Waals surface area contributed by atoms with Crippen LogP contribution in [0.3, 0.4) is 0 Å². The van der Waals surface area contributed by atoms with E-state index in [2.05, 4.69) is 24.2 Å². The number of nitrogens with zero attached hydrogens (tertiary/aromatic N) is 2. The van der Waals surface area contributed by atoms with E-state index >= 15 is 0 Å². The summed E-state index contributed by atoms with van der Waals surface area (Å²) in [6.45, 7) is 5.36. The SMILES string of the molecule is CC(C)NCCCN1C=Nc2ccccc2S1(=O)=O. The predicted octanol–water partition coefficient (Wildman–Crippen LogP) is 1.74. The van der Waals surface area contributed by atoms with Crippen LogP contribution in [0.5, 0.6) is 0 Å². The molecule has 1 N–H and O–H groups in total. The Kier molecular flexibility index (Phi) is 4.21. The molecule has 1 aromatic rings. The summed E-state index contributed by atoms with van der Waals surface area (Å²) in [5.74, 6) is 0. The lowest BCUT2D eigenvalue weighted by molar-refractivity contribution is 0.495. The normalized spacial score (nSPS) is 16.7. The second-order valence-corrected chi connectivity index (χ2v) is 6.65. The third-order valence-corrected chi connectivity index (χ3v) is 4.68. The lowest BCUT2D eigenvalue weighted by atomic mass is 10.3. The molecule has 104 valence electrons. The van der Waals surface area contributed by atoms with Gasteiger partial charge in [0.15, 0.2) is 0 Å². The van der Waals surface area contributed by atoms with E-state index in [1.807, 2.05) is 0 Å². The molecule has 6 heteroatoms. The summed E-state index contributed by atoms with van der Waals surface area (Å²) in [4.78, 5) is 4.47. The molecule has 1 aliphatic heterocycles. The maximum absolute atomic E-state index is 12.3. The standard InChI is InChI=1S/C13H19N3O2S/c1-11(2)14-8-5-9-16-10-15-12-6-3-4-7-13(12)19(16,17)18/h3-4,6-7,10-11,14H,5,8-9H2,1-2H3. The summed E-state index contributed by atoms with van der Waals surface area (Å²) in [6.07, 6.45) is 2.17. The molecule has 0 unspecified atom stereocenters. The van der Waals surface area contributed by atoms with Crippen LogP contribution in [-0.2, 0) is 10.0 Å². The van der Waals surface area contributed by atoms with Gasteiger partial charge < -0.3 is 5.32 Å². The quantitative estimate of drug-likeness (QED) is 0.836. The van der Waals surface area contributed by atoms with Crippen LogP contribution in [0.15, 0.2) is 34.2 Å². The van der Waals surface area contributed by atoms with Crippen molar-refractivity contribution in [1.82, 2.24) is 9.62 Å². The van der Waals surface area contributed by atoms with Gasteiger partial charge in [0.05, 0.1) is 5.69 Å². The highest BCUT2D eigenvalue weighted by Gasteiger charge is 2.27. The second-order valence-electron chi connectivity index (χ2n) is 4.79. The van der Waals surface area contributed by atoms with Crippen molar-refractivity contribution in [2.24, 2.45) is 4.99 Å². The zero-order valence-corrected chi connectivity index (χ0v) is 12.0. The Balaban J connectivity index is 2.05. The zero-order chi connectivity index (χ0) is 13.9. The molecule has 0 aromatic heterocycles. The largest absolute Gasteiger partial charge is 0.314 e. The first-order valence-electron chi connectivity index (χ1n) is 6.40. The van der Waals surface area contributed by atoms with Crippen LogP contribution in [0.4, 0.5) is 5.69 Å². The molecule has 0 saturated heterocycles. The van der Waals surface area contributed by atoms with E-state index in [1.165, 1.54) is 10.6 Å². The molecule has 1 heterocycles. The summed E-state index contributed by atoms with van der Waals surface area (Å²) >= 11 is 0. The molecule has 0 spiro atoms. The first kappa shape index (κ1) is 14.0. The molecule has 1 aromatic carbocycles. The molecule has 1 aliphatic rings. The third-order valence-electron chi connectivity index (χ3n) is 2.89. The molecule has 0 radical (unpaired) electrons. The van der Waals surface area contributed by atoms with Crippen LogP contribution in [0.25, 0.3) is 0 Å².